The summed E-state index contributed by atoms with van der Waals surface area (Å²) in [5.41, 5.74) is 1.64. The van der Waals surface area contributed by atoms with Crippen molar-refractivity contribution in [2.45, 2.75) is 19.4 Å². The fourth-order valence-corrected chi connectivity index (χ4v) is 5.41. The second kappa shape index (κ2) is 8.32. The molecule has 3 heterocycles. The summed E-state index contributed by atoms with van der Waals surface area (Å²) in [7, 11) is 0. The summed E-state index contributed by atoms with van der Waals surface area (Å²) >= 11 is 1.19. The third-order valence-corrected chi connectivity index (χ3v) is 7.01. The topological polar surface area (TPSA) is 72.6 Å². The molecule has 1 aliphatic heterocycles. The highest BCUT2D eigenvalue weighted by atomic mass is 32.1. The molecule has 5 aromatic rings. The Morgan fingerprint density at radius 1 is 1.09 bits per heavy atom. The number of hydrogen-bond acceptors (Lipinski definition) is 6. The monoisotopic (exact) mass is 486 g/mol. The van der Waals surface area contributed by atoms with Crippen LogP contribution in [0.15, 0.2) is 75.9 Å². The molecule has 0 unspecified atom stereocenters. The van der Waals surface area contributed by atoms with Crippen molar-refractivity contribution in [3.63, 3.8) is 0 Å². The van der Waals surface area contributed by atoms with Crippen LogP contribution in [0.3, 0.4) is 0 Å². The lowest BCUT2D eigenvalue weighted by Gasteiger charge is -2.22. The Labute approximate surface area is 203 Å². The summed E-state index contributed by atoms with van der Waals surface area (Å²) in [6.45, 7) is 2.62. The number of hydrogen-bond donors (Lipinski definition) is 0. The molecule has 6 nitrogen and oxygen atoms in total. The summed E-state index contributed by atoms with van der Waals surface area (Å²) in [4.78, 5) is 33.4. The van der Waals surface area contributed by atoms with Gasteiger partial charge in [0.25, 0.3) is 5.91 Å². The number of benzene rings is 3. The highest BCUT2D eigenvalue weighted by molar-refractivity contribution is 7.22. The fourth-order valence-electron chi connectivity index (χ4n) is 4.39. The smallest absolute Gasteiger partial charge is 0.297 e. The molecule has 0 aliphatic carbocycles. The lowest BCUT2D eigenvalue weighted by molar-refractivity contribution is 0.0971. The summed E-state index contributed by atoms with van der Waals surface area (Å²) in [5, 5.41) is 0.766. The number of anilines is 1. The Balaban J connectivity index is 1.56. The van der Waals surface area contributed by atoms with E-state index in [2.05, 4.69) is 4.98 Å². The van der Waals surface area contributed by atoms with Crippen LogP contribution in [-0.2, 0) is 0 Å². The Hall–Kier alpha value is -4.04. The molecule has 0 N–H and O–H groups in total. The number of nitrogens with zero attached hydrogens (tertiary/aromatic N) is 2. The van der Waals surface area contributed by atoms with E-state index in [1.165, 1.54) is 28.4 Å². The molecule has 174 valence electrons. The van der Waals surface area contributed by atoms with Crippen LogP contribution in [0.4, 0.5) is 9.52 Å². The van der Waals surface area contributed by atoms with E-state index >= 15 is 0 Å². The molecule has 0 saturated carbocycles. The highest BCUT2D eigenvalue weighted by Gasteiger charge is 2.45. The van der Waals surface area contributed by atoms with Crippen molar-refractivity contribution in [3.05, 3.63) is 99.7 Å². The van der Waals surface area contributed by atoms with Crippen LogP contribution >= 0.6 is 11.3 Å². The fraction of sp³-hybridized carbons (Fsp3) is 0.148. The first-order valence-electron chi connectivity index (χ1n) is 11.2. The zero-order chi connectivity index (χ0) is 24.1. The van der Waals surface area contributed by atoms with Gasteiger partial charge in [-0.2, -0.15) is 0 Å². The molecular formula is C27H19FN2O4S. The van der Waals surface area contributed by atoms with Crippen molar-refractivity contribution in [1.29, 1.82) is 0 Å². The van der Waals surface area contributed by atoms with E-state index in [4.69, 9.17) is 9.15 Å². The van der Waals surface area contributed by atoms with Gasteiger partial charge in [-0.15, -0.1) is 0 Å². The lowest BCUT2D eigenvalue weighted by atomic mass is 9.98. The third kappa shape index (κ3) is 3.49. The average molecular weight is 487 g/mol. The average Bonchev–Trinajstić information content (AvgIpc) is 3.41. The zero-order valence-electron chi connectivity index (χ0n) is 18.7. The maximum Gasteiger partial charge on any atom is 0.297 e. The molecule has 35 heavy (non-hydrogen) atoms. The first-order valence-corrected chi connectivity index (χ1v) is 12.0. The van der Waals surface area contributed by atoms with Crippen LogP contribution in [0.25, 0.3) is 21.2 Å². The minimum atomic E-state index is -0.746. The quantitative estimate of drug-likeness (QED) is 0.301. The Morgan fingerprint density at radius 2 is 1.89 bits per heavy atom. The van der Waals surface area contributed by atoms with Crippen molar-refractivity contribution in [2.24, 2.45) is 0 Å². The summed E-state index contributed by atoms with van der Waals surface area (Å²) in [6.07, 6.45) is 0.881. The van der Waals surface area contributed by atoms with Gasteiger partial charge in [-0.25, -0.2) is 9.37 Å². The molecule has 0 radical (unpaired) electrons. The van der Waals surface area contributed by atoms with Gasteiger partial charge in [0.15, 0.2) is 10.6 Å². The van der Waals surface area contributed by atoms with Gasteiger partial charge in [-0.3, -0.25) is 14.5 Å². The molecule has 1 atom stereocenters. The summed E-state index contributed by atoms with van der Waals surface area (Å²) < 4.78 is 26.1. The molecule has 0 bridgehead atoms. The molecule has 8 heteroatoms. The largest absolute Gasteiger partial charge is 0.494 e. The molecular weight excluding hydrogens is 467 g/mol. The van der Waals surface area contributed by atoms with Gasteiger partial charge >= 0.3 is 0 Å². The van der Waals surface area contributed by atoms with Crippen LogP contribution in [0.1, 0.15) is 41.1 Å². The second-order valence-electron chi connectivity index (χ2n) is 8.27. The number of ether oxygens (including phenoxy) is 1. The van der Waals surface area contributed by atoms with E-state index in [-0.39, 0.29) is 22.6 Å². The minimum absolute atomic E-state index is 0.00422. The lowest BCUT2D eigenvalue weighted by Crippen LogP contribution is -2.29. The van der Waals surface area contributed by atoms with Crippen molar-refractivity contribution in [3.8, 4) is 5.75 Å². The predicted molar refractivity (Wildman–Crippen MR) is 133 cm³/mol. The van der Waals surface area contributed by atoms with Gasteiger partial charge < -0.3 is 9.15 Å². The van der Waals surface area contributed by atoms with Gasteiger partial charge in [-0.1, -0.05) is 42.5 Å². The molecule has 1 aliphatic rings. The van der Waals surface area contributed by atoms with E-state index in [0.717, 1.165) is 6.42 Å². The van der Waals surface area contributed by atoms with Crippen LogP contribution < -0.4 is 15.1 Å². The maximum absolute atomic E-state index is 13.8. The van der Waals surface area contributed by atoms with E-state index in [1.807, 2.05) is 31.2 Å². The van der Waals surface area contributed by atoms with Crippen LogP contribution in [0, 0.1) is 5.82 Å². The molecule has 2 aromatic heterocycles. The predicted octanol–water partition coefficient (Wildman–Crippen LogP) is 6.08. The number of fused-ring (bicyclic) bond motifs is 3. The van der Waals surface area contributed by atoms with Crippen molar-refractivity contribution < 1.29 is 18.3 Å². The molecule has 0 fully saturated rings. The first-order chi connectivity index (χ1) is 17.0. The number of halogens is 1. The summed E-state index contributed by atoms with van der Waals surface area (Å²) in [6, 6.07) is 17.7. The van der Waals surface area contributed by atoms with Crippen LogP contribution in [0.5, 0.6) is 5.75 Å². The molecule has 6 rings (SSSR count). The second-order valence-corrected chi connectivity index (χ2v) is 9.28. The number of para-hydroxylation sites is 1. The number of carbonyl (C=O) groups excluding carboxylic acids is 1. The highest BCUT2D eigenvalue weighted by Crippen LogP contribution is 2.43. The van der Waals surface area contributed by atoms with Crippen molar-refractivity contribution >= 4 is 43.6 Å². The van der Waals surface area contributed by atoms with Gasteiger partial charge in [0.05, 0.1) is 33.8 Å². The van der Waals surface area contributed by atoms with Gasteiger partial charge in [0.1, 0.15) is 17.1 Å². The number of amides is 1. The van der Waals surface area contributed by atoms with E-state index in [0.29, 0.717) is 44.2 Å². The number of aromatic nitrogens is 1. The SMILES string of the molecule is CCCOc1ccc([C@@H]2c3c(oc4ccccc4c3=O)C(=O)N2c2nc3ccc(F)cc3s2)cc1. The first kappa shape index (κ1) is 21.5. The zero-order valence-corrected chi connectivity index (χ0v) is 19.5. The van der Waals surface area contributed by atoms with Crippen LogP contribution in [-0.4, -0.2) is 17.5 Å². The normalized spacial score (nSPS) is 15.2. The van der Waals surface area contributed by atoms with Gasteiger partial charge in [0.2, 0.25) is 5.76 Å². The van der Waals surface area contributed by atoms with Crippen LogP contribution in [0.2, 0.25) is 0 Å². The minimum Gasteiger partial charge on any atom is -0.494 e. The van der Waals surface area contributed by atoms with Gasteiger partial charge in [0, 0.05) is 0 Å². The Morgan fingerprint density at radius 3 is 2.69 bits per heavy atom. The molecule has 1 amide bonds. The Kier molecular flexibility index (Phi) is 5.11. The number of carbonyl (C=O) groups is 1. The number of rotatable bonds is 5. The maximum atomic E-state index is 13.8. The van der Waals surface area contributed by atoms with E-state index < -0.39 is 11.9 Å². The number of thiazole rings is 1. The van der Waals surface area contributed by atoms with E-state index in [1.54, 1.807) is 30.3 Å². The third-order valence-electron chi connectivity index (χ3n) is 5.99. The van der Waals surface area contributed by atoms with Gasteiger partial charge in [-0.05, 0) is 54.4 Å². The van der Waals surface area contributed by atoms with Crippen molar-refractivity contribution in [1.82, 2.24) is 4.98 Å². The molecule has 3 aromatic carbocycles. The van der Waals surface area contributed by atoms with E-state index in [9.17, 15) is 14.0 Å². The standard InChI is InChI=1S/C27H19FN2O4S/c1-2-13-33-17-10-7-15(8-11-17)23-22-24(31)18-5-3-4-6-20(18)34-25(22)26(32)30(23)27-29-19-12-9-16(28)14-21(19)35-27/h3-12,14,23H,2,13H2,1H3/t23-/m1/s1. The molecule has 0 spiro atoms. The summed E-state index contributed by atoms with van der Waals surface area (Å²) in [5.74, 6) is -0.145. The molecule has 0 saturated heterocycles. The Bertz CT molecular complexity index is 1660. The van der Waals surface area contributed by atoms with Crippen molar-refractivity contribution in [2.75, 3.05) is 11.5 Å².